The first-order valence-corrected chi connectivity index (χ1v) is 9.98. The first kappa shape index (κ1) is 16.6. The maximum atomic E-state index is 12.1. The number of carbonyl (C=O) groups is 1. The van der Waals surface area contributed by atoms with Crippen LogP contribution < -0.4 is 5.32 Å². The summed E-state index contributed by atoms with van der Waals surface area (Å²) in [5.74, 6) is -0.183. The number of sulfone groups is 1. The molecule has 0 unspecified atom stereocenters. The van der Waals surface area contributed by atoms with Gasteiger partial charge in [-0.2, -0.15) is 0 Å². The third kappa shape index (κ3) is 3.80. The average Bonchev–Trinajstić information content (AvgIpc) is 2.87. The van der Waals surface area contributed by atoms with Crippen LogP contribution in [0.2, 0.25) is 0 Å². The summed E-state index contributed by atoms with van der Waals surface area (Å²) in [7, 11) is -3.22. The molecule has 1 N–H and O–H groups in total. The van der Waals surface area contributed by atoms with Gasteiger partial charge in [-0.05, 0) is 42.3 Å². The predicted molar refractivity (Wildman–Crippen MR) is 96.2 cm³/mol. The van der Waals surface area contributed by atoms with Crippen molar-refractivity contribution in [1.29, 1.82) is 0 Å². The van der Waals surface area contributed by atoms with Gasteiger partial charge in [0.25, 0.3) is 0 Å². The van der Waals surface area contributed by atoms with Crippen LogP contribution in [0, 0.1) is 6.92 Å². The van der Waals surface area contributed by atoms with Crippen LogP contribution in [0.3, 0.4) is 0 Å². The van der Waals surface area contributed by atoms with Crippen molar-refractivity contribution in [3.8, 4) is 0 Å². The van der Waals surface area contributed by atoms with Crippen molar-refractivity contribution >= 4 is 42.4 Å². The summed E-state index contributed by atoms with van der Waals surface area (Å²) in [6.45, 7) is 2.01. The number of hydrogen-bond acceptors (Lipinski definition) is 5. The summed E-state index contributed by atoms with van der Waals surface area (Å²) < 4.78 is 23.9. The van der Waals surface area contributed by atoms with Gasteiger partial charge in [-0.1, -0.05) is 29.5 Å². The molecule has 7 heteroatoms. The lowest BCUT2D eigenvalue weighted by Gasteiger charge is -2.03. The van der Waals surface area contributed by atoms with Crippen molar-refractivity contribution in [3.05, 3.63) is 53.6 Å². The van der Waals surface area contributed by atoms with Gasteiger partial charge in [-0.15, -0.1) is 0 Å². The normalized spacial score (nSPS) is 11.6. The molecule has 0 bridgehead atoms. The highest BCUT2D eigenvalue weighted by molar-refractivity contribution is 7.90. The molecular formula is C17H16N2O3S2. The Kier molecular flexibility index (Phi) is 4.38. The first-order valence-electron chi connectivity index (χ1n) is 7.27. The number of carbonyl (C=O) groups excluding carboxylic acids is 1. The highest BCUT2D eigenvalue weighted by Crippen LogP contribution is 2.26. The highest BCUT2D eigenvalue weighted by Gasteiger charge is 2.10. The lowest BCUT2D eigenvalue weighted by molar-refractivity contribution is -0.115. The van der Waals surface area contributed by atoms with E-state index < -0.39 is 9.84 Å². The molecule has 3 aromatic rings. The van der Waals surface area contributed by atoms with Crippen molar-refractivity contribution in [2.75, 3.05) is 11.6 Å². The number of amides is 1. The maximum Gasteiger partial charge on any atom is 0.230 e. The molecule has 0 saturated heterocycles. The smallest absolute Gasteiger partial charge is 0.230 e. The van der Waals surface area contributed by atoms with Crippen LogP contribution >= 0.6 is 11.3 Å². The zero-order chi connectivity index (χ0) is 17.3. The first-order chi connectivity index (χ1) is 11.3. The van der Waals surface area contributed by atoms with E-state index in [0.717, 1.165) is 27.6 Å². The van der Waals surface area contributed by atoms with Crippen LogP contribution in [-0.4, -0.2) is 25.6 Å². The zero-order valence-electron chi connectivity index (χ0n) is 13.2. The molecule has 0 aliphatic heterocycles. The number of nitrogens with zero attached hydrogens (tertiary/aromatic N) is 1. The number of hydrogen-bond donors (Lipinski definition) is 1. The molecule has 3 rings (SSSR count). The minimum absolute atomic E-state index is 0.166. The quantitative estimate of drug-likeness (QED) is 0.775. The van der Waals surface area contributed by atoms with Crippen LogP contribution in [0.5, 0.6) is 0 Å². The molecule has 0 aliphatic rings. The van der Waals surface area contributed by atoms with E-state index in [-0.39, 0.29) is 17.2 Å². The molecule has 0 atom stereocenters. The molecule has 5 nitrogen and oxygen atoms in total. The summed E-state index contributed by atoms with van der Waals surface area (Å²) in [5.41, 5.74) is 2.75. The van der Waals surface area contributed by atoms with Crippen LogP contribution in [0.15, 0.2) is 47.4 Å². The second-order valence-corrected chi connectivity index (χ2v) is 8.68. The van der Waals surface area contributed by atoms with Crippen molar-refractivity contribution in [2.24, 2.45) is 0 Å². The lowest BCUT2D eigenvalue weighted by atomic mass is 10.1. The maximum absolute atomic E-state index is 12.1. The van der Waals surface area contributed by atoms with Gasteiger partial charge in [-0.25, -0.2) is 13.4 Å². The topological polar surface area (TPSA) is 76.1 Å². The van der Waals surface area contributed by atoms with Crippen molar-refractivity contribution < 1.29 is 13.2 Å². The van der Waals surface area contributed by atoms with Crippen LogP contribution in [0.4, 0.5) is 5.13 Å². The Morgan fingerprint density at radius 2 is 1.88 bits per heavy atom. The van der Waals surface area contributed by atoms with Gasteiger partial charge in [0.2, 0.25) is 5.91 Å². The predicted octanol–water partition coefficient (Wildman–Crippen LogP) is 3.19. The number of rotatable bonds is 4. The molecule has 2 aromatic carbocycles. The number of benzene rings is 2. The van der Waals surface area contributed by atoms with E-state index >= 15 is 0 Å². The Bertz CT molecular complexity index is 1010. The number of anilines is 1. The molecule has 1 aromatic heterocycles. The molecule has 124 valence electrons. The average molecular weight is 360 g/mol. The fourth-order valence-corrected chi connectivity index (χ4v) is 3.90. The van der Waals surface area contributed by atoms with Gasteiger partial charge in [0.05, 0.1) is 21.5 Å². The van der Waals surface area contributed by atoms with Crippen molar-refractivity contribution in [3.63, 3.8) is 0 Å². The molecule has 0 radical (unpaired) electrons. The Balaban J connectivity index is 1.70. The number of thiazole rings is 1. The molecule has 24 heavy (non-hydrogen) atoms. The van der Waals surface area contributed by atoms with Crippen LogP contribution in [-0.2, 0) is 21.1 Å². The molecule has 1 amide bonds. The van der Waals surface area contributed by atoms with Gasteiger partial charge in [0.1, 0.15) is 0 Å². The van der Waals surface area contributed by atoms with E-state index in [1.54, 1.807) is 12.1 Å². The fraction of sp³-hybridized carbons (Fsp3) is 0.176. The molecule has 0 aliphatic carbocycles. The minimum Gasteiger partial charge on any atom is -0.302 e. The van der Waals surface area contributed by atoms with Gasteiger partial charge >= 0.3 is 0 Å². The van der Waals surface area contributed by atoms with E-state index in [1.807, 2.05) is 25.1 Å². The molecule has 0 spiro atoms. The van der Waals surface area contributed by atoms with Gasteiger partial charge in [0, 0.05) is 6.26 Å². The Labute approximate surface area is 144 Å². The highest BCUT2D eigenvalue weighted by atomic mass is 32.2. The van der Waals surface area contributed by atoms with Gasteiger partial charge < -0.3 is 5.32 Å². The monoisotopic (exact) mass is 360 g/mol. The SMILES string of the molecule is Cc1ccc2nc(NC(=O)Cc3ccc(S(C)(=O)=O)cc3)sc2c1. The van der Waals surface area contributed by atoms with Crippen LogP contribution in [0.1, 0.15) is 11.1 Å². The minimum atomic E-state index is -3.22. The molecule has 1 heterocycles. The summed E-state index contributed by atoms with van der Waals surface area (Å²) in [4.78, 5) is 16.8. The lowest BCUT2D eigenvalue weighted by Crippen LogP contribution is -2.14. The third-order valence-corrected chi connectivity index (χ3v) is 5.57. The molecule has 0 fully saturated rings. The number of aryl methyl sites for hydroxylation is 1. The van der Waals surface area contributed by atoms with E-state index in [4.69, 9.17) is 0 Å². The summed E-state index contributed by atoms with van der Waals surface area (Å²) in [6.07, 6.45) is 1.32. The van der Waals surface area contributed by atoms with Crippen molar-refractivity contribution in [1.82, 2.24) is 4.98 Å². The molecular weight excluding hydrogens is 344 g/mol. The van der Waals surface area contributed by atoms with E-state index in [0.29, 0.717) is 5.13 Å². The number of fused-ring (bicyclic) bond motifs is 1. The summed E-state index contributed by atoms with van der Waals surface area (Å²) in [6, 6.07) is 12.3. The summed E-state index contributed by atoms with van der Waals surface area (Å²) >= 11 is 1.43. The fourth-order valence-electron chi connectivity index (χ4n) is 2.29. The van der Waals surface area contributed by atoms with E-state index in [2.05, 4.69) is 10.3 Å². The Hall–Kier alpha value is -2.25. The van der Waals surface area contributed by atoms with Gasteiger partial charge in [-0.3, -0.25) is 4.79 Å². The standard InChI is InChI=1S/C17H16N2O3S2/c1-11-3-8-14-15(9-11)23-17(18-14)19-16(20)10-12-4-6-13(7-5-12)24(2,21)22/h3-9H,10H2,1-2H3,(H,18,19,20). The number of nitrogens with one attached hydrogen (secondary N) is 1. The Morgan fingerprint density at radius 3 is 2.54 bits per heavy atom. The zero-order valence-corrected chi connectivity index (χ0v) is 14.9. The number of aromatic nitrogens is 1. The van der Waals surface area contributed by atoms with E-state index in [1.165, 1.54) is 23.5 Å². The second kappa shape index (κ2) is 6.33. The van der Waals surface area contributed by atoms with Crippen LogP contribution in [0.25, 0.3) is 10.2 Å². The largest absolute Gasteiger partial charge is 0.302 e. The molecule has 0 saturated carbocycles. The van der Waals surface area contributed by atoms with Gasteiger partial charge in [0.15, 0.2) is 15.0 Å². The Morgan fingerprint density at radius 1 is 1.17 bits per heavy atom. The summed E-state index contributed by atoms with van der Waals surface area (Å²) in [5, 5.41) is 3.36. The third-order valence-electron chi connectivity index (χ3n) is 3.51. The second-order valence-electron chi connectivity index (χ2n) is 5.63. The van der Waals surface area contributed by atoms with E-state index in [9.17, 15) is 13.2 Å². The van der Waals surface area contributed by atoms with Crippen molar-refractivity contribution in [2.45, 2.75) is 18.2 Å².